The van der Waals surface area contributed by atoms with Gasteiger partial charge in [0.15, 0.2) is 0 Å². The Morgan fingerprint density at radius 2 is 1.78 bits per heavy atom. The number of alkyl halides is 3. The van der Waals surface area contributed by atoms with Gasteiger partial charge in [-0.3, -0.25) is 4.79 Å². The molecule has 0 aromatic heterocycles. The normalized spacial score (nSPS) is 12.0. The monoisotopic (exact) mass is 353 g/mol. The minimum Gasteiger partial charge on any atom is -0.459 e. The lowest BCUT2D eigenvalue weighted by atomic mass is 10.1. The van der Waals surface area contributed by atoms with E-state index < -0.39 is 23.8 Å². The first-order chi connectivity index (χ1) is 10.2. The van der Waals surface area contributed by atoms with Crippen LogP contribution in [0.3, 0.4) is 0 Å². The number of esters is 1. The number of carbonyl (C=O) groups is 2. The van der Waals surface area contributed by atoms with E-state index in [4.69, 9.17) is 4.74 Å². The summed E-state index contributed by atoms with van der Waals surface area (Å²) in [7, 11) is 0. The molecular formula is C15H19ClF3NO3. The summed E-state index contributed by atoms with van der Waals surface area (Å²) in [5, 5.41) is 2.48. The standard InChI is InChI=1S/C15H18F3NO3.ClH/c1-3-4-13(20)19-10(2)14(21)22-9-11-5-7-12(8-6-11)15(16,17)18;/h5-8,10H,3-4,9H2,1-2H3,(H,19,20);1H/t10-;/m0./s1. The number of hydrogen-bond acceptors (Lipinski definition) is 3. The Labute approximate surface area is 138 Å². The molecule has 1 N–H and O–H groups in total. The Kier molecular flexibility index (Phi) is 8.68. The highest BCUT2D eigenvalue weighted by Gasteiger charge is 2.29. The van der Waals surface area contributed by atoms with Gasteiger partial charge in [-0.1, -0.05) is 19.1 Å². The summed E-state index contributed by atoms with van der Waals surface area (Å²) in [6.45, 7) is 3.18. The molecule has 0 bridgehead atoms. The van der Waals surface area contributed by atoms with Gasteiger partial charge in [-0.15, -0.1) is 12.4 Å². The zero-order valence-electron chi connectivity index (χ0n) is 12.8. The smallest absolute Gasteiger partial charge is 0.416 e. The van der Waals surface area contributed by atoms with Crippen molar-refractivity contribution in [3.05, 3.63) is 35.4 Å². The van der Waals surface area contributed by atoms with E-state index in [1.807, 2.05) is 6.92 Å². The number of carbonyl (C=O) groups excluding carboxylic acids is 2. The van der Waals surface area contributed by atoms with Gasteiger partial charge < -0.3 is 10.1 Å². The van der Waals surface area contributed by atoms with Crippen LogP contribution >= 0.6 is 12.4 Å². The van der Waals surface area contributed by atoms with Crippen molar-refractivity contribution in [3.8, 4) is 0 Å². The number of hydrogen-bond donors (Lipinski definition) is 1. The predicted molar refractivity (Wildman–Crippen MR) is 81.0 cm³/mol. The third kappa shape index (κ3) is 7.36. The highest BCUT2D eigenvalue weighted by molar-refractivity contribution is 5.85. The molecule has 0 radical (unpaired) electrons. The summed E-state index contributed by atoms with van der Waals surface area (Å²) in [5.74, 6) is -0.883. The molecule has 0 aliphatic rings. The third-order valence-corrected chi connectivity index (χ3v) is 2.87. The number of nitrogens with one attached hydrogen (secondary N) is 1. The van der Waals surface area contributed by atoms with Gasteiger partial charge in [-0.25, -0.2) is 4.79 Å². The molecular weight excluding hydrogens is 335 g/mol. The molecule has 1 amide bonds. The quantitative estimate of drug-likeness (QED) is 0.797. The van der Waals surface area contributed by atoms with Crippen LogP contribution in [0.2, 0.25) is 0 Å². The number of amides is 1. The number of benzene rings is 1. The van der Waals surface area contributed by atoms with Crippen molar-refractivity contribution in [2.24, 2.45) is 0 Å². The van der Waals surface area contributed by atoms with E-state index in [1.54, 1.807) is 0 Å². The first kappa shape index (κ1) is 21.2. The topological polar surface area (TPSA) is 55.4 Å². The Balaban J connectivity index is 0.00000484. The first-order valence-corrected chi connectivity index (χ1v) is 6.86. The van der Waals surface area contributed by atoms with Crippen LogP contribution in [-0.4, -0.2) is 17.9 Å². The molecule has 0 aliphatic carbocycles. The van der Waals surface area contributed by atoms with E-state index >= 15 is 0 Å². The lowest BCUT2D eigenvalue weighted by Crippen LogP contribution is -2.39. The van der Waals surface area contributed by atoms with Gasteiger partial charge in [0.25, 0.3) is 0 Å². The van der Waals surface area contributed by atoms with Gasteiger partial charge in [0.05, 0.1) is 5.56 Å². The van der Waals surface area contributed by atoms with Crippen molar-refractivity contribution in [2.45, 2.75) is 45.5 Å². The second kappa shape index (κ2) is 9.39. The molecule has 1 aromatic rings. The molecule has 23 heavy (non-hydrogen) atoms. The summed E-state index contributed by atoms with van der Waals surface area (Å²) in [6, 6.07) is 3.55. The average molecular weight is 354 g/mol. The molecule has 0 saturated carbocycles. The highest BCUT2D eigenvalue weighted by atomic mass is 35.5. The third-order valence-electron chi connectivity index (χ3n) is 2.87. The molecule has 0 heterocycles. The van der Waals surface area contributed by atoms with Gasteiger partial charge in [0.1, 0.15) is 12.6 Å². The zero-order chi connectivity index (χ0) is 16.8. The highest BCUT2D eigenvalue weighted by Crippen LogP contribution is 2.29. The Morgan fingerprint density at radius 3 is 2.26 bits per heavy atom. The van der Waals surface area contributed by atoms with Gasteiger partial charge in [0, 0.05) is 6.42 Å². The lowest BCUT2D eigenvalue weighted by molar-refractivity contribution is -0.148. The van der Waals surface area contributed by atoms with Crippen molar-refractivity contribution >= 4 is 24.3 Å². The van der Waals surface area contributed by atoms with E-state index in [-0.39, 0.29) is 24.9 Å². The van der Waals surface area contributed by atoms with Crippen LogP contribution in [-0.2, 0) is 27.1 Å². The van der Waals surface area contributed by atoms with E-state index in [2.05, 4.69) is 5.32 Å². The minimum absolute atomic E-state index is 0. The van der Waals surface area contributed by atoms with Crippen molar-refractivity contribution in [3.63, 3.8) is 0 Å². The van der Waals surface area contributed by atoms with Crippen molar-refractivity contribution in [2.75, 3.05) is 0 Å². The van der Waals surface area contributed by atoms with Gasteiger partial charge in [-0.2, -0.15) is 13.2 Å². The summed E-state index contributed by atoms with van der Waals surface area (Å²) in [6.07, 6.45) is -3.41. The van der Waals surface area contributed by atoms with Crippen LogP contribution in [0.25, 0.3) is 0 Å². The van der Waals surface area contributed by atoms with Gasteiger partial charge in [0.2, 0.25) is 5.91 Å². The predicted octanol–water partition coefficient (Wildman–Crippen LogP) is 3.48. The fourth-order valence-corrected chi connectivity index (χ4v) is 1.67. The van der Waals surface area contributed by atoms with Gasteiger partial charge in [-0.05, 0) is 31.0 Å². The lowest BCUT2D eigenvalue weighted by Gasteiger charge is -2.13. The minimum atomic E-state index is -4.40. The molecule has 0 aliphatic heterocycles. The summed E-state index contributed by atoms with van der Waals surface area (Å²) in [5.41, 5.74) is -0.323. The number of rotatable bonds is 6. The molecule has 130 valence electrons. The van der Waals surface area contributed by atoms with Crippen molar-refractivity contribution in [1.82, 2.24) is 5.32 Å². The molecule has 1 aromatic carbocycles. The molecule has 0 fully saturated rings. The van der Waals surface area contributed by atoms with Gasteiger partial charge >= 0.3 is 12.1 Å². The summed E-state index contributed by atoms with van der Waals surface area (Å²) < 4.78 is 42.2. The zero-order valence-corrected chi connectivity index (χ0v) is 13.6. The van der Waals surface area contributed by atoms with Crippen molar-refractivity contribution in [1.29, 1.82) is 0 Å². The second-order valence-corrected chi connectivity index (χ2v) is 4.84. The van der Waals surface area contributed by atoms with Crippen LogP contribution in [0.1, 0.15) is 37.8 Å². The Bertz CT molecular complexity index is 518. The fourth-order valence-electron chi connectivity index (χ4n) is 1.67. The molecule has 4 nitrogen and oxygen atoms in total. The molecule has 1 rings (SSSR count). The molecule has 0 unspecified atom stereocenters. The van der Waals surface area contributed by atoms with Crippen molar-refractivity contribution < 1.29 is 27.5 Å². The molecule has 8 heteroatoms. The van der Waals surface area contributed by atoms with Crippen LogP contribution in [0.15, 0.2) is 24.3 Å². The molecule has 0 saturated heterocycles. The maximum absolute atomic E-state index is 12.4. The van der Waals surface area contributed by atoms with E-state index in [1.165, 1.54) is 19.1 Å². The number of halogens is 4. The summed E-state index contributed by atoms with van der Waals surface area (Å²) in [4.78, 5) is 23.0. The Hall–Kier alpha value is -1.76. The molecule has 0 spiro atoms. The SMILES string of the molecule is CCCC(=O)N[C@@H](C)C(=O)OCc1ccc(C(F)(F)F)cc1.Cl. The Morgan fingerprint density at radius 1 is 1.22 bits per heavy atom. The maximum atomic E-state index is 12.4. The van der Waals surface area contributed by atoms with Crippen LogP contribution < -0.4 is 5.32 Å². The summed E-state index contributed by atoms with van der Waals surface area (Å²) >= 11 is 0. The average Bonchev–Trinajstić information content (AvgIpc) is 2.44. The largest absolute Gasteiger partial charge is 0.459 e. The first-order valence-electron chi connectivity index (χ1n) is 6.86. The number of ether oxygens (including phenoxy) is 1. The van der Waals surface area contributed by atoms with Crippen LogP contribution in [0.5, 0.6) is 0 Å². The molecule has 1 atom stereocenters. The van der Waals surface area contributed by atoms with E-state index in [0.29, 0.717) is 18.4 Å². The van der Waals surface area contributed by atoms with E-state index in [9.17, 15) is 22.8 Å². The maximum Gasteiger partial charge on any atom is 0.416 e. The van der Waals surface area contributed by atoms with E-state index in [0.717, 1.165) is 12.1 Å². The second-order valence-electron chi connectivity index (χ2n) is 4.84. The fraction of sp³-hybridized carbons (Fsp3) is 0.467. The van der Waals surface area contributed by atoms with Crippen LogP contribution in [0.4, 0.5) is 13.2 Å². The van der Waals surface area contributed by atoms with Crippen LogP contribution in [0, 0.1) is 0 Å².